The summed E-state index contributed by atoms with van der Waals surface area (Å²) >= 11 is 36.8. The summed E-state index contributed by atoms with van der Waals surface area (Å²) in [6.07, 6.45) is 0. The monoisotopic (exact) mass is 288 g/mol. The second-order valence-corrected chi connectivity index (χ2v) is 17.6. The first-order chi connectivity index (χ1) is 3.51. The van der Waals surface area contributed by atoms with Gasteiger partial charge in [0.15, 0.2) is 0 Å². The van der Waals surface area contributed by atoms with Crippen molar-refractivity contribution in [1.82, 2.24) is 0 Å². The molecule has 0 rings (SSSR count). The summed E-state index contributed by atoms with van der Waals surface area (Å²) < 4.78 is -6.15. The molecule has 0 N–H and O–H groups in total. The maximum atomic E-state index is 5.30. The van der Waals surface area contributed by atoms with Crippen molar-refractivity contribution in [2.45, 2.75) is 3.53 Å². The Hall–Kier alpha value is 2.46. The molecule has 8 heteroatoms. The Kier molecular flexibility index (Phi) is 3.50. The second-order valence-electron chi connectivity index (χ2n) is 1.19. The zero-order valence-electron chi connectivity index (χ0n) is 3.59. The molecule has 0 aromatic rings. The summed E-state index contributed by atoms with van der Waals surface area (Å²) in [6, 6.07) is 0. The van der Waals surface area contributed by atoms with Crippen molar-refractivity contribution >= 4 is 83.8 Å². The number of alkyl halides is 3. The minimum atomic E-state index is -4.13. The Balaban J connectivity index is 4.56. The molecule has 0 nitrogen and oxygen atoms in total. The number of hydrogen-bond donors (Lipinski definition) is 0. The van der Waals surface area contributed by atoms with Crippen LogP contribution in [0.15, 0.2) is 0 Å². The van der Waals surface area contributed by atoms with E-state index in [4.69, 9.17) is 79.8 Å². The van der Waals surface area contributed by atoms with Crippen LogP contribution in [0.5, 0.6) is 0 Å². The summed E-state index contributed by atoms with van der Waals surface area (Å²) in [6.45, 7) is 0. The Morgan fingerprint density at radius 1 is 0.778 bits per heavy atom. The molecule has 0 bridgehead atoms. The number of halogens is 7. The van der Waals surface area contributed by atoms with Crippen LogP contribution in [0.1, 0.15) is 0 Å². The molecule has 0 aliphatic rings. The molecule has 9 heavy (non-hydrogen) atoms. The van der Waals surface area contributed by atoms with Crippen LogP contribution in [0.3, 0.4) is 0 Å². The van der Waals surface area contributed by atoms with E-state index in [1.807, 2.05) is 0 Å². The van der Waals surface area contributed by atoms with Gasteiger partial charge in [-0.15, -0.1) is 0 Å². The first-order valence-corrected chi connectivity index (χ1v) is 8.46. The van der Waals surface area contributed by atoms with Crippen LogP contribution in [0, 0.1) is 0 Å². The maximum absolute atomic E-state index is 5.30. The van der Waals surface area contributed by atoms with Crippen molar-refractivity contribution in [3.8, 4) is 0 Å². The molecule has 0 radical (unpaired) electrons. The van der Waals surface area contributed by atoms with Gasteiger partial charge < -0.3 is 0 Å². The van der Waals surface area contributed by atoms with Gasteiger partial charge in [-0.3, -0.25) is 0 Å². The number of hydrogen-bond acceptors (Lipinski definition) is 0. The number of rotatable bonds is 0. The van der Waals surface area contributed by atoms with E-state index in [0.717, 1.165) is 0 Å². The normalized spacial score (nSPS) is 18.8. The van der Waals surface area contributed by atoms with Crippen LogP contribution in [-0.2, 0) is 0 Å². The van der Waals surface area contributed by atoms with Crippen molar-refractivity contribution in [1.29, 1.82) is 0 Å². The van der Waals surface area contributed by atoms with Gasteiger partial charge in [0.05, 0.1) is 0 Å². The van der Waals surface area contributed by atoms with Crippen LogP contribution < -0.4 is 0 Å². The van der Waals surface area contributed by atoms with Gasteiger partial charge in [-0.2, -0.15) is 0 Å². The fourth-order valence-corrected chi connectivity index (χ4v) is 0. The molecular weight excluding hydrogens is 291 g/mol. The Bertz CT molecular complexity index is 104. The summed E-state index contributed by atoms with van der Waals surface area (Å²) in [7, 11) is 0. The molecule has 0 atom stereocenters. The predicted octanol–water partition coefficient (Wildman–Crippen LogP) is 5.48. The molecule has 0 aliphatic carbocycles. The average molecular weight is 291 g/mol. The van der Waals surface area contributed by atoms with Crippen LogP contribution >= 0.6 is 83.8 Å². The minimum absolute atomic E-state index is 2.02. The predicted molar refractivity (Wildman–Crippen MR) is 50.6 cm³/mol. The van der Waals surface area contributed by atoms with Crippen LogP contribution in [0.2, 0.25) is 0 Å². The molecule has 0 aromatic heterocycles. The van der Waals surface area contributed by atoms with E-state index in [0.29, 0.717) is 0 Å². The molecule has 0 unspecified atom stereocenters. The fraction of sp³-hybridized carbons (Fsp3) is 1.00. The van der Waals surface area contributed by atoms with Gasteiger partial charge in [0.25, 0.3) is 0 Å². The first-order valence-electron chi connectivity index (χ1n) is 1.47. The molecule has 0 fully saturated rings. The third-order valence-corrected chi connectivity index (χ3v) is 10.3. The van der Waals surface area contributed by atoms with Gasteiger partial charge >= 0.3 is 87.3 Å². The molecule has 0 aromatic carbocycles. The molecule has 0 aliphatic heterocycles. The van der Waals surface area contributed by atoms with Gasteiger partial charge in [-0.05, 0) is 0 Å². The van der Waals surface area contributed by atoms with E-state index in [1.54, 1.807) is 0 Å². The van der Waals surface area contributed by atoms with Crippen molar-refractivity contribution in [2.24, 2.45) is 0 Å². The topological polar surface area (TPSA) is 0 Å². The third kappa shape index (κ3) is 3.58. The van der Waals surface area contributed by atoms with Gasteiger partial charge in [-0.25, -0.2) is 0 Å². The summed E-state index contributed by atoms with van der Waals surface area (Å²) in [5, 5.41) is 0. The van der Waals surface area contributed by atoms with Crippen molar-refractivity contribution < 1.29 is 0 Å². The molecule has 58 valence electrons. The molecule has 0 saturated carbocycles. The van der Waals surface area contributed by atoms with E-state index in [9.17, 15) is 0 Å². The van der Waals surface area contributed by atoms with E-state index >= 15 is 0 Å². The SMILES string of the molecule is ClC(Cl)(Cl)P(Cl)(Cl)(Cl)Cl. The van der Waals surface area contributed by atoms with E-state index < -0.39 is 7.55 Å². The molecule has 0 saturated heterocycles. The molecular formula is CCl7P. The van der Waals surface area contributed by atoms with Crippen molar-refractivity contribution in [3.05, 3.63) is 0 Å². The summed E-state index contributed by atoms with van der Waals surface area (Å²) in [5.41, 5.74) is 0. The molecule has 0 spiro atoms. The van der Waals surface area contributed by atoms with Gasteiger partial charge in [0.1, 0.15) is 0 Å². The van der Waals surface area contributed by atoms with Gasteiger partial charge in [0, 0.05) is 0 Å². The summed E-state index contributed by atoms with van der Waals surface area (Å²) in [4.78, 5) is 0. The zero-order chi connectivity index (χ0) is 7.95. The Morgan fingerprint density at radius 2 is 0.889 bits per heavy atom. The molecule has 0 heterocycles. The average Bonchev–Trinajstić information content (AvgIpc) is 1.20. The van der Waals surface area contributed by atoms with E-state index in [1.165, 1.54) is 0 Å². The van der Waals surface area contributed by atoms with E-state index in [-0.39, 0.29) is 0 Å². The van der Waals surface area contributed by atoms with Crippen LogP contribution in [-0.4, -0.2) is 3.53 Å². The van der Waals surface area contributed by atoms with Crippen molar-refractivity contribution in [3.63, 3.8) is 0 Å². The Labute approximate surface area is 86.7 Å². The van der Waals surface area contributed by atoms with Crippen LogP contribution in [0.4, 0.5) is 0 Å². The zero-order valence-corrected chi connectivity index (χ0v) is 9.78. The van der Waals surface area contributed by atoms with Crippen LogP contribution in [0.25, 0.3) is 0 Å². The first kappa shape index (κ1) is 11.5. The Morgan fingerprint density at radius 3 is 0.889 bits per heavy atom. The second kappa shape index (κ2) is 2.75. The summed E-state index contributed by atoms with van der Waals surface area (Å²) in [5.74, 6) is 0. The quantitative estimate of drug-likeness (QED) is 0.409. The van der Waals surface area contributed by atoms with Gasteiger partial charge in [0.2, 0.25) is 0 Å². The molecule has 0 amide bonds. The van der Waals surface area contributed by atoms with E-state index in [2.05, 4.69) is 0 Å². The standard InChI is InChI=1S/CCl7P/c2-1(3,4)9(5,6,7)8. The third-order valence-electron chi connectivity index (χ3n) is 0.383. The van der Waals surface area contributed by atoms with Gasteiger partial charge in [-0.1, -0.05) is 0 Å². The van der Waals surface area contributed by atoms with Crippen molar-refractivity contribution in [2.75, 3.05) is 0 Å². The fourth-order valence-electron chi connectivity index (χ4n) is 0.